The van der Waals surface area contributed by atoms with E-state index in [9.17, 15) is 4.79 Å². The molecule has 0 aromatic heterocycles. The fourth-order valence-corrected chi connectivity index (χ4v) is 1.06. The molecule has 0 bridgehead atoms. The summed E-state index contributed by atoms with van der Waals surface area (Å²) in [5.74, 6) is 1.85. The van der Waals surface area contributed by atoms with Crippen LogP contribution in [0, 0.1) is 0 Å². The van der Waals surface area contributed by atoms with Crippen LogP contribution in [0.1, 0.15) is 32.6 Å². The van der Waals surface area contributed by atoms with Gasteiger partial charge in [0.2, 0.25) is 5.82 Å². The van der Waals surface area contributed by atoms with Crippen LogP contribution in [0.5, 0.6) is 0 Å². The molecule has 0 N–H and O–H groups in total. The molecule has 0 aromatic carbocycles. The third-order valence-electron chi connectivity index (χ3n) is 1.71. The molecule has 0 fully saturated rings. The SMILES string of the molecule is CCCCCC1=NC(=C=O)N=C1. The van der Waals surface area contributed by atoms with Crippen LogP contribution in [0.3, 0.4) is 0 Å². The van der Waals surface area contributed by atoms with Gasteiger partial charge in [-0.3, -0.25) is 0 Å². The Labute approximate surface area is 71.9 Å². The number of carbonyl (C=O) groups excluding carboxylic acids is 1. The topological polar surface area (TPSA) is 41.8 Å². The van der Waals surface area contributed by atoms with Gasteiger partial charge in [-0.2, -0.15) is 0 Å². The number of hydrogen-bond acceptors (Lipinski definition) is 3. The number of hydrogen-bond donors (Lipinski definition) is 0. The fourth-order valence-electron chi connectivity index (χ4n) is 1.06. The number of nitrogens with zero attached hydrogens (tertiary/aromatic N) is 2. The Balaban J connectivity index is 2.36. The Kier molecular flexibility index (Phi) is 3.42. The van der Waals surface area contributed by atoms with Crippen molar-refractivity contribution in [2.24, 2.45) is 9.98 Å². The number of unbranched alkanes of at least 4 members (excludes halogenated alkanes) is 2. The summed E-state index contributed by atoms with van der Waals surface area (Å²) in [6, 6.07) is 0. The zero-order valence-corrected chi connectivity index (χ0v) is 7.21. The van der Waals surface area contributed by atoms with Crippen molar-refractivity contribution in [3.8, 4) is 0 Å². The van der Waals surface area contributed by atoms with Crippen molar-refractivity contribution >= 4 is 17.9 Å². The fraction of sp³-hybridized carbons (Fsp3) is 0.556. The first-order valence-corrected chi connectivity index (χ1v) is 4.23. The van der Waals surface area contributed by atoms with Crippen LogP contribution in [0.4, 0.5) is 0 Å². The van der Waals surface area contributed by atoms with Crippen molar-refractivity contribution in [2.75, 3.05) is 0 Å². The first-order valence-electron chi connectivity index (χ1n) is 4.23. The van der Waals surface area contributed by atoms with E-state index < -0.39 is 0 Å². The average molecular weight is 164 g/mol. The lowest BCUT2D eigenvalue weighted by Crippen LogP contribution is -1.95. The van der Waals surface area contributed by atoms with Crippen molar-refractivity contribution in [1.29, 1.82) is 0 Å². The lowest BCUT2D eigenvalue weighted by molar-refractivity contribution is 0.566. The molecule has 1 aliphatic heterocycles. The predicted octanol–water partition coefficient (Wildman–Crippen LogP) is 1.77. The second kappa shape index (κ2) is 4.62. The Bertz CT molecular complexity index is 260. The second-order valence-electron chi connectivity index (χ2n) is 2.74. The average Bonchev–Trinajstić information content (AvgIpc) is 2.53. The summed E-state index contributed by atoms with van der Waals surface area (Å²) in [5.41, 5.74) is 0.904. The molecule has 0 aromatic rings. The van der Waals surface area contributed by atoms with Crippen molar-refractivity contribution in [3.05, 3.63) is 5.82 Å². The maximum Gasteiger partial charge on any atom is 0.239 e. The zero-order chi connectivity index (χ0) is 8.81. The van der Waals surface area contributed by atoms with Gasteiger partial charge in [0, 0.05) is 0 Å². The minimum atomic E-state index is 0.182. The lowest BCUT2D eigenvalue weighted by atomic mass is 10.1. The molecule has 3 heteroatoms. The molecule has 0 amide bonds. The van der Waals surface area contributed by atoms with E-state index in [1.807, 2.05) is 0 Å². The van der Waals surface area contributed by atoms with Gasteiger partial charge in [0.25, 0.3) is 0 Å². The smallest absolute Gasteiger partial charge is 0.229 e. The molecule has 0 saturated heterocycles. The monoisotopic (exact) mass is 164 g/mol. The Morgan fingerprint density at radius 3 is 2.92 bits per heavy atom. The standard InChI is InChI=1S/C9H12N2O/c1-2-3-4-5-8-6-10-9(7-12)11-8/h6H,2-5H2,1H3. The third kappa shape index (κ3) is 2.44. The molecular formula is C9H12N2O. The van der Waals surface area contributed by atoms with Gasteiger partial charge in [-0.25, -0.2) is 14.8 Å². The van der Waals surface area contributed by atoms with Gasteiger partial charge in [0.1, 0.15) is 0 Å². The molecular weight excluding hydrogens is 152 g/mol. The van der Waals surface area contributed by atoms with E-state index in [4.69, 9.17) is 0 Å². The van der Waals surface area contributed by atoms with Crippen LogP contribution in [0.2, 0.25) is 0 Å². The first kappa shape index (κ1) is 8.88. The van der Waals surface area contributed by atoms with Crippen LogP contribution in [0.15, 0.2) is 15.8 Å². The molecule has 0 atom stereocenters. The van der Waals surface area contributed by atoms with Crippen LogP contribution in [-0.4, -0.2) is 17.9 Å². The summed E-state index contributed by atoms with van der Waals surface area (Å²) in [6.07, 6.45) is 6.08. The zero-order valence-electron chi connectivity index (χ0n) is 7.21. The van der Waals surface area contributed by atoms with E-state index >= 15 is 0 Å². The molecule has 0 aliphatic carbocycles. The van der Waals surface area contributed by atoms with Gasteiger partial charge in [0.05, 0.1) is 11.9 Å². The third-order valence-corrected chi connectivity index (χ3v) is 1.71. The normalized spacial score (nSPS) is 14.8. The van der Waals surface area contributed by atoms with E-state index in [0.29, 0.717) is 0 Å². The van der Waals surface area contributed by atoms with Crippen molar-refractivity contribution in [3.63, 3.8) is 0 Å². The Morgan fingerprint density at radius 1 is 1.50 bits per heavy atom. The van der Waals surface area contributed by atoms with E-state index in [-0.39, 0.29) is 5.82 Å². The summed E-state index contributed by atoms with van der Waals surface area (Å²) in [7, 11) is 0. The molecule has 0 spiro atoms. The Hall–Kier alpha value is -1.21. The molecule has 0 saturated carbocycles. The maximum atomic E-state index is 10.1. The van der Waals surface area contributed by atoms with Gasteiger partial charge in [-0.1, -0.05) is 19.8 Å². The molecule has 1 rings (SSSR count). The highest BCUT2D eigenvalue weighted by atomic mass is 16.1. The Morgan fingerprint density at radius 2 is 2.33 bits per heavy atom. The van der Waals surface area contributed by atoms with Crippen LogP contribution < -0.4 is 0 Å². The molecule has 64 valence electrons. The summed E-state index contributed by atoms with van der Waals surface area (Å²) in [6.45, 7) is 2.15. The van der Waals surface area contributed by atoms with Gasteiger partial charge in [-0.05, 0) is 12.8 Å². The van der Waals surface area contributed by atoms with Gasteiger partial charge < -0.3 is 0 Å². The molecule has 1 aliphatic rings. The van der Waals surface area contributed by atoms with E-state index in [0.717, 1.165) is 18.6 Å². The van der Waals surface area contributed by atoms with E-state index in [1.165, 1.54) is 12.8 Å². The number of aliphatic imine (C=N–C) groups is 2. The first-order chi connectivity index (χ1) is 5.86. The summed E-state index contributed by atoms with van der Waals surface area (Å²) >= 11 is 0. The quantitative estimate of drug-likeness (QED) is 0.461. The van der Waals surface area contributed by atoms with Crippen LogP contribution in [-0.2, 0) is 4.79 Å². The van der Waals surface area contributed by atoms with Crippen molar-refractivity contribution < 1.29 is 4.79 Å². The van der Waals surface area contributed by atoms with Crippen molar-refractivity contribution in [1.82, 2.24) is 0 Å². The molecule has 3 nitrogen and oxygen atoms in total. The van der Waals surface area contributed by atoms with Gasteiger partial charge in [0.15, 0.2) is 5.94 Å². The molecule has 0 unspecified atom stereocenters. The molecule has 1 heterocycles. The highest BCUT2D eigenvalue weighted by Gasteiger charge is 2.04. The molecule has 0 radical (unpaired) electrons. The predicted molar refractivity (Wildman–Crippen MR) is 49.3 cm³/mol. The highest BCUT2D eigenvalue weighted by molar-refractivity contribution is 6.32. The minimum absolute atomic E-state index is 0.182. The number of rotatable bonds is 4. The summed E-state index contributed by atoms with van der Waals surface area (Å²) < 4.78 is 0. The lowest BCUT2D eigenvalue weighted by Gasteiger charge is -1.93. The van der Waals surface area contributed by atoms with E-state index in [1.54, 1.807) is 12.2 Å². The van der Waals surface area contributed by atoms with Gasteiger partial charge in [-0.15, -0.1) is 0 Å². The highest BCUT2D eigenvalue weighted by Crippen LogP contribution is 2.07. The maximum absolute atomic E-state index is 10.1. The second-order valence-corrected chi connectivity index (χ2v) is 2.74. The van der Waals surface area contributed by atoms with E-state index in [2.05, 4.69) is 16.9 Å². The summed E-state index contributed by atoms with van der Waals surface area (Å²) in [4.78, 5) is 17.8. The molecule has 12 heavy (non-hydrogen) atoms. The largest absolute Gasteiger partial charge is 0.239 e. The van der Waals surface area contributed by atoms with Crippen LogP contribution >= 0.6 is 0 Å². The van der Waals surface area contributed by atoms with Crippen molar-refractivity contribution in [2.45, 2.75) is 32.6 Å². The minimum Gasteiger partial charge on any atom is -0.229 e. The summed E-state index contributed by atoms with van der Waals surface area (Å²) in [5, 5.41) is 0. The van der Waals surface area contributed by atoms with Gasteiger partial charge >= 0.3 is 0 Å². The van der Waals surface area contributed by atoms with Crippen LogP contribution in [0.25, 0.3) is 0 Å².